The Morgan fingerprint density at radius 3 is 2.47 bits per heavy atom. The van der Waals surface area contributed by atoms with Gasteiger partial charge in [-0.05, 0) is 71.8 Å². The van der Waals surface area contributed by atoms with E-state index in [-0.39, 0.29) is 18.5 Å². The lowest BCUT2D eigenvalue weighted by molar-refractivity contribution is -0.120. The Balaban J connectivity index is 1.33. The number of Topliss-reactive ketones (excluding diaryl/α,β-unsaturated/α-hetero) is 1. The normalized spacial score (nSPS) is 14.7. The minimum absolute atomic E-state index is 0.105. The molecule has 1 aliphatic heterocycles. The largest absolute Gasteiger partial charge is 0.454 e. The Labute approximate surface area is 211 Å². The van der Waals surface area contributed by atoms with Crippen molar-refractivity contribution < 1.29 is 19.1 Å². The number of benzene rings is 3. The van der Waals surface area contributed by atoms with Gasteiger partial charge in [0.05, 0.1) is 17.9 Å². The molecule has 0 aromatic heterocycles. The maximum absolute atomic E-state index is 13.5. The molecule has 6 nitrogen and oxygen atoms in total. The summed E-state index contributed by atoms with van der Waals surface area (Å²) in [5.41, 5.74) is 5.27. The van der Waals surface area contributed by atoms with E-state index in [1.807, 2.05) is 61.5 Å². The van der Waals surface area contributed by atoms with E-state index in [1.54, 1.807) is 11.9 Å². The fourth-order valence-electron chi connectivity index (χ4n) is 4.82. The summed E-state index contributed by atoms with van der Waals surface area (Å²) in [5, 5.41) is 8.75. The zero-order valence-electron chi connectivity index (χ0n) is 20.5. The number of nitriles is 1. The maximum Gasteiger partial charge on any atom is 0.253 e. The fourth-order valence-corrected chi connectivity index (χ4v) is 4.82. The number of hydrogen-bond donors (Lipinski definition) is 0. The third-order valence-corrected chi connectivity index (χ3v) is 7.22. The van der Waals surface area contributed by atoms with Crippen LogP contribution in [0.15, 0.2) is 60.7 Å². The first-order valence-electron chi connectivity index (χ1n) is 12.2. The van der Waals surface area contributed by atoms with Gasteiger partial charge < -0.3 is 14.4 Å². The van der Waals surface area contributed by atoms with Crippen molar-refractivity contribution in [3.05, 3.63) is 82.9 Å². The maximum atomic E-state index is 13.5. The molecule has 0 atom stereocenters. The van der Waals surface area contributed by atoms with Crippen molar-refractivity contribution in [1.82, 2.24) is 4.90 Å². The number of ketones is 1. The third-order valence-electron chi connectivity index (χ3n) is 7.22. The lowest BCUT2D eigenvalue weighted by Gasteiger charge is -2.17. The lowest BCUT2D eigenvalue weighted by atomic mass is 9.87. The monoisotopic (exact) mass is 480 g/mol. The van der Waals surface area contributed by atoms with E-state index in [1.165, 1.54) is 0 Å². The number of ether oxygens (including phenoxy) is 2. The van der Waals surface area contributed by atoms with E-state index < -0.39 is 5.41 Å². The van der Waals surface area contributed by atoms with Crippen LogP contribution >= 0.6 is 0 Å². The summed E-state index contributed by atoms with van der Waals surface area (Å²) >= 11 is 0. The van der Waals surface area contributed by atoms with Crippen molar-refractivity contribution in [1.29, 1.82) is 5.26 Å². The second-order valence-electron chi connectivity index (χ2n) is 9.61. The molecule has 0 spiro atoms. The second-order valence-corrected chi connectivity index (χ2v) is 9.61. The summed E-state index contributed by atoms with van der Waals surface area (Å²) in [7, 11) is 1.70. The van der Waals surface area contributed by atoms with Crippen molar-refractivity contribution >= 4 is 11.7 Å². The van der Waals surface area contributed by atoms with Gasteiger partial charge in [-0.2, -0.15) is 5.26 Å². The highest BCUT2D eigenvalue weighted by Crippen LogP contribution is 2.51. The van der Waals surface area contributed by atoms with Crippen molar-refractivity contribution in [3.63, 3.8) is 0 Å². The van der Waals surface area contributed by atoms with Crippen molar-refractivity contribution in [3.8, 4) is 28.7 Å². The van der Waals surface area contributed by atoms with Gasteiger partial charge in [0.1, 0.15) is 5.78 Å². The molecule has 0 saturated heterocycles. The number of nitrogens with zero attached hydrogens (tertiary/aromatic N) is 2. The molecule has 5 rings (SSSR count). The molecule has 0 N–H and O–H groups in total. The number of carbonyl (C=O) groups excluding carboxylic acids is 2. The Morgan fingerprint density at radius 1 is 1.00 bits per heavy atom. The van der Waals surface area contributed by atoms with Gasteiger partial charge in [0.2, 0.25) is 6.79 Å². The van der Waals surface area contributed by atoms with E-state index >= 15 is 0 Å². The summed E-state index contributed by atoms with van der Waals surface area (Å²) in [4.78, 5) is 27.6. The molecule has 3 aromatic rings. The molecule has 2 aliphatic rings. The predicted octanol–water partition coefficient (Wildman–Crippen LogP) is 5.22. The molecule has 182 valence electrons. The Hall–Kier alpha value is -4.11. The summed E-state index contributed by atoms with van der Waals surface area (Å²) in [6.45, 7) is 2.67. The molecule has 1 fully saturated rings. The number of hydrogen-bond acceptors (Lipinski definition) is 5. The smallest absolute Gasteiger partial charge is 0.253 e. The highest BCUT2D eigenvalue weighted by molar-refractivity contribution is 5.95. The van der Waals surface area contributed by atoms with Gasteiger partial charge in [-0.15, -0.1) is 0 Å². The Morgan fingerprint density at radius 2 is 1.75 bits per heavy atom. The van der Waals surface area contributed by atoms with Crippen LogP contribution in [0, 0.1) is 18.3 Å². The van der Waals surface area contributed by atoms with Crippen LogP contribution in [0.3, 0.4) is 0 Å². The zero-order valence-corrected chi connectivity index (χ0v) is 20.5. The fraction of sp³-hybridized carbons (Fsp3) is 0.300. The summed E-state index contributed by atoms with van der Waals surface area (Å²) < 4.78 is 10.9. The molecule has 36 heavy (non-hydrogen) atoms. The minimum atomic E-state index is -0.439. The van der Waals surface area contributed by atoms with Crippen LogP contribution in [0.2, 0.25) is 0 Å². The number of rotatable bonds is 8. The average molecular weight is 481 g/mol. The highest BCUT2D eigenvalue weighted by Gasteiger charge is 2.50. The molecular weight excluding hydrogens is 452 g/mol. The van der Waals surface area contributed by atoms with E-state index in [0.717, 1.165) is 46.4 Å². The van der Waals surface area contributed by atoms with Gasteiger partial charge in [-0.1, -0.05) is 36.4 Å². The second kappa shape index (κ2) is 9.50. The summed E-state index contributed by atoms with van der Waals surface area (Å²) in [5.74, 6) is 1.55. The van der Waals surface area contributed by atoms with Crippen LogP contribution in [0.4, 0.5) is 0 Å². The highest BCUT2D eigenvalue weighted by atomic mass is 16.7. The Bertz CT molecular complexity index is 1370. The van der Waals surface area contributed by atoms with Gasteiger partial charge >= 0.3 is 0 Å². The van der Waals surface area contributed by atoms with E-state index in [9.17, 15) is 9.59 Å². The van der Waals surface area contributed by atoms with Crippen LogP contribution in [0.5, 0.6) is 11.5 Å². The molecule has 6 heteroatoms. The minimum Gasteiger partial charge on any atom is -0.454 e. The van der Waals surface area contributed by atoms with Crippen molar-refractivity contribution in [2.75, 3.05) is 20.4 Å². The zero-order chi connectivity index (χ0) is 25.3. The molecule has 1 aliphatic carbocycles. The predicted molar refractivity (Wildman–Crippen MR) is 136 cm³/mol. The van der Waals surface area contributed by atoms with E-state index in [2.05, 4.69) is 12.1 Å². The lowest BCUT2D eigenvalue weighted by Crippen LogP contribution is -2.27. The molecule has 0 bridgehead atoms. The molecule has 3 aromatic carbocycles. The van der Waals surface area contributed by atoms with E-state index in [0.29, 0.717) is 30.7 Å². The van der Waals surface area contributed by atoms with Crippen LogP contribution in [0.1, 0.15) is 46.3 Å². The molecule has 1 saturated carbocycles. The standard InChI is InChI=1S/C30H28N2O4/c1-20-4-5-21(16-25(20)22-6-8-23(9-7-22)29(34)32(2)15-3-14-31)17-28(33)30(12-13-30)24-10-11-26-27(18-24)36-19-35-26/h4-11,16,18H,3,12-13,15,17,19H2,1-2H3. The van der Waals surface area contributed by atoms with Gasteiger partial charge in [0.25, 0.3) is 5.91 Å². The molecule has 0 unspecified atom stereocenters. The van der Waals surface area contributed by atoms with Gasteiger partial charge in [0.15, 0.2) is 11.5 Å². The topological polar surface area (TPSA) is 79.6 Å². The number of aryl methyl sites for hydroxylation is 1. The number of carbonyl (C=O) groups is 2. The van der Waals surface area contributed by atoms with E-state index in [4.69, 9.17) is 14.7 Å². The van der Waals surface area contributed by atoms with Crippen molar-refractivity contribution in [2.24, 2.45) is 0 Å². The van der Waals surface area contributed by atoms with Gasteiger partial charge in [0, 0.05) is 25.6 Å². The third kappa shape index (κ3) is 4.45. The molecule has 0 radical (unpaired) electrons. The number of amides is 1. The van der Waals surface area contributed by atoms with Crippen LogP contribution in [-0.4, -0.2) is 37.0 Å². The average Bonchev–Trinajstić information content (AvgIpc) is 3.58. The molecule has 1 heterocycles. The van der Waals surface area contributed by atoms with Crippen molar-refractivity contribution in [2.45, 2.75) is 38.0 Å². The number of fused-ring (bicyclic) bond motifs is 1. The first-order valence-corrected chi connectivity index (χ1v) is 12.2. The SMILES string of the molecule is Cc1ccc(CC(=O)C2(c3ccc4c(c3)OCO4)CC2)cc1-c1ccc(C(=O)N(C)CCC#N)cc1. The summed E-state index contributed by atoms with van der Waals surface area (Å²) in [6, 6.07) is 21.6. The van der Waals surface area contributed by atoms with Gasteiger partial charge in [-0.25, -0.2) is 0 Å². The van der Waals surface area contributed by atoms with Crippen LogP contribution < -0.4 is 9.47 Å². The summed E-state index contributed by atoms with van der Waals surface area (Å²) in [6.07, 6.45) is 2.37. The van der Waals surface area contributed by atoms with Crippen LogP contribution in [-0.2, 0) is 16.6 Å². The van der Waals surface area contributed by atoms with Gasteiger partial charge in [-0.3, -0.25) is 9.59 Å². The quantitative estimate of drug-likeness (QED) is 0.442. The Kier molecular flexibility index (Phi) is 6.24. The first-order chi connectivity index (χ1) is 17.4. The molecule has 1 amide bonds. The molecular formula is C30H28N2O4. The van der Waals surface area contributed by atoms with Crippen LogP contribution in [0.25, 0.3) is 11.1 Å². The first kappa shape index (κ1) is 23.6.